The van der Waals surface area contributed by atoms with Crippen LogP contribution in [0.2, 0.25) is 0 Å². The minimum atomic E-state index is -0.691. The van der Waals surface area contributed by atoms with Gasteiger partial charge in [-0.15, -0.1) is 11.3 Å². The maximum Gasteiger partial charge on any atom is 0.344 e. The van der Waals surface area contributed by atoms with Crippen molar-refractivity contribution in [3.63, 3.8) is 0 Å². The minimum Gasteiger partial charge on any atom is -0.497 e. The van der Waals surface area contributed by atoms with Crippen LogP contribution in [0.5, 0.6) is 11.5 Å². The van der Waals surface area contributed by atoms with Gasteiger partial charge in [-0.25, -0.2) is 9.59 Å². The summed E-state index contributed by atoms with van der Waals surface area (Å²) < 4.78 is 20.4. The lowest BCUT2D eigenvalue weighted by atomic mass is 10.1. The van der Waals surface area contributed by atoms with Gasteiger partial charge in [0.2, 0.25) is 0 Å². The van der Waals surface area contributed by atoms with E-state index in [0.29, 0.717) is 22.1 Å². The van der Waals surface area contributed by atoms with E-state index in [4.69, 9.17) is 18.9 Å². The smallest absolute Gasteiger partial charge is 0.344 e. The lowest BCUT2D eigenvalue weighted by Crippen LogP contribution is -2.24. The van der Waals surface area contributed by atoms with Crippen LogP contribution >= 0.6 is 11.3 Å². The number of amides is 1. The second-order valence-electron chi connectivity index (χ2n) is 6.10. The quantitative estimate of drug-likeness (QED) is 0.571. The van der Waals surface area contributed by atoms with Crippen LogP contribution in [0.25, 0.3) is 0 Å². The van der Waals surface area contributed by atoms with Crippen LogP contribution in [0.3, 0.4) is 0 Å². The summed E-state index contributed by atoms with van der Waals surface area (Å²) in [5.74, 6) is -0.604. The summed E-state index contributed by atoms with van der Waals surface area (Å²) in [6, 6.07) is 6.70. The Bertz CT molecular complexity index is 890. The highest BCUT2D eigenvalue weighted by Gasteiger charge is 2.23. The molecule has 9 heteroatoms. The molecule has 1 heterocycles. The summed E-state index contributed by atoms with van der Waals surface area (Å²) in [5.41, 5.74) is 1.11. The number of methoxy groups -OCH3 is 1. The minimum absolute atomic E-state index is 0.231. The number of benzene rings is 1. The molecular formula is C21H25NO7S. The van der Waals surface area contributed by atoms with Gasteiger partial charge in [-0.1, -0.05) is 6.92 Å². The van der Waals surface area contributed by atoms with Crippen molar-refractivity contribution in [2.45, 2.75) is 27.2 Å². The molecular weight excluding hydrogens is 410 g/mol. The number of nitrogens with one attached hydrogen (secondary N) is 1. The van der Waals surface area contributed by atoms with E-state index in [9.17, 15) is 14.4 Å². The summed E-state index contributed by atoms with van der Waals surface area (Å²) in [6.45, 7) is 4.88. The fourth-order valence-corrected chi connectivity index (χ4v) is 3.75. The van der Waals surface area contributed by atoms with Gasteiger partial charge in [-0.3, -0.25) is 4.79 Å². The molecule has 30 heavy (non-hydrogen) atoms. The number of anilines is 1. The topological polar surface area (TPSA) is 100 Å². The number of hydrogen-bond acceptors (Lipinski definition) is 8. The molecule has 0 unspecified atom stereocenters. The molecule has 0 radical (unpaired) electrons. The number of carbonyl (C=O) groups excluding carboxylic acids is 3. The van der Waals surface area contributed by atoms with Crippen molar-refractivity contribution in [3.05, 3.63) is 40.3 Å². The van der Waals surface area contributed by atoms with Crippen LogP contribution in [0.15, 0.2) is 24.3 Å². The molecule has 1 aromatic heterocycles. The summed E-state index contributed by atoms with van der Waals surface area (Å²) in [4.78, 5) is 37.3. The Morgan fingerprint density at radius 3 is 2.27 bits per heavy atom. The number of hydrogen-bond donors (Lipinski definition) is 1. The molecule has 0 bridgehead atoms. The zero-order chi connectivity index (χ0) is 22.1. The van der Waals surface area contributed by atoms with Crippen LogP contribution in [0.1, 0.15) is 34.6 Å². The van der Waals surface area contributed by atoms with Gasteiger partial charge in [0.15, 0.2) is 13.2 Å². The van der Waals surface area contributed by atoms with Crippen molar-refractivity contribution >= 4 is 34.2 Å². The lowest BCUT2D eigenvalue weighted by molar-refractivity contribution is -0.149. The molecule has 162 valence electrons. The molecule has 0 spiro atoms. The van der Waals surface area contributed by atoms with Crippen LogP contribution < -0.4 is 14.8 Å². The van der Waals surface area contributed by atoms with Crippen molar-refractivity contribution in [1.29, 1.82) is 0 Å². The van der Waals surface area contributed by atoms with Crippen molar-refractivity contribution in [1.82, 2.24) is 0 Å². The Hall–Kier alpha value is -3.07. The third-order valence-corrected chi connectivity index (χ3v) is 5.43. The Morgan fingerprint density at radius 2 is 1.67 bits per heavy atom. The normalized spacial score (nSPS) is 10.3. The van der Waals surface area contributed by atoms with E-state index >= 15 is 0 Å². The first kappa shape index (κ1) is 23.2. The second-order valence-corrected chi connectivity index (χ2v) is 7.21. The summed E-state index contributed by atoms with van der Waals surface area (Å²) >= 11 is 1.31. The predicted octanol–water partition coefficient (Wildman–Crippen LogP) is 3.36. The molecule has 1 N–H and O–H groups in total. The third-order valence-electron chi connectivity index (χ3n) is 4.08. The molecule has 1 amide bonds. The Balaban J connectivity index is 1.89. The van der Waals surface area contributed by atoms with E-state index in [1.54, 1.807) is 38.3 Å². The average molecular weight is 435 g/mol. The van der Waals surface area contributed by atoms with Gasteiger partial charge in [-0.2, -0.15) is 0 Å². The SMILES string of the molecule is CCOC(=O)c1c(NC(=O)COC(=O)COc2ccc(OC)cc2)sc(CC)c1C. The van der Waals surface area contributed by atoms with Gasteiger partial charge >= 0.3 is 11.9 Å². The molecule has 8 nitrogen and oxygen atoms in total. The molecule has 0 aliphatic carbocycles. The van der Waals surface area contributed by atoms with Crippen LogP contribution in [-0.2, 0) is 25.5 Å². The summed E-state index contributed by atoms with van der Waals surface area (Å²) in [7, 11) is 1.55. The van der Waals surface area contributed by atoms with Crippen LogP contribution in [0.4, 0.5) is 5.00 Å². The molecule has 0 saturated heterocycles. The number of rotatable bonds is 10. The van der Waals surface area contributed by atoms with Gasteiger partial charge in [0.1, 0.15) is 16.5 Å². The molecule has 0 aliphatic heterocycles. The van der Waals surface area contributed by atoms with Crippen molar-refractivity contribution in [2.24, 2.45) is 0 Å². The standard InChI is InChI=1S/C21H25NO7S/c1-5-16-13(3)19(21(25)27-6-2)20(30-16)22-17(23)11-29-18(24)12-28-15-9-7-14(26-4)8-10-15/h7-10H,5-6,11-12H2,1-4H3,(H,22,23). The zero-order valence-corrected chi connectivity index (χ0v) is 18.2. The van der Waals surface area contributed by atoms with Gasteiger partial charge in [0.05, 0.1) is 19.3 Å². The Kier molecular flexibility index (Phi) is 8.67. The number of ether oxygens (including phenoxy) is 4. The van der Waals surface area contributed by atoms with Gasteiger partial charge in [-0.05, 0) is 50.1 Å². The van der Waals surface area contributed by atoms with E-state index in [0.717, 1.165) is 16.9 Å². The second kappa shape index (κ2) is 11.2. The largest absolute Gasteiger partial charge is 0.497 e. The van der Waals surface area contributed by atoms with E-state index in [2.05, 4.69) is 5.32 Å². The zero-order valence-electron chi connectivity index (χ0n) is 17.4. The van der Waals surface area contributed by atoms with Crippen molar-refractivity contribution in [3.8, 4) is 11.5 Å². The fourth-order valence-electron chi connectivity index (χ4n) is 2.60. The van der Waals surface area contributed by atoms with E-state index in [-0.39, 0.29) is 13.2 Å². The molecule has 2 aromatic rings. The van der Waals surface area contributed by atoms with E-state index in [1.165, 1.54) is 11.3 Å². The van der Waals surface area contributed by atoms with Gasteiger partial charge in [0, 0.05) is 4.88 Å². The monoisotopic (exact) mass is 435 g/mol. The highest BCUT2D eigenvalue weighted by Crippen LogP contribution is 2.34. The first-order valence-electron chi connectivity index (χ1n) is 9.41. The number of esters is 2. The molecule has 1 aromatic carbocycles. The van der Waals surface area contributed by atoms with Crippen LogP contribution in [-0.4, -0.2) is 44.8 Å². The first-order valence-corrected chi connectivity index (χ1v) is 10.2. The van der Waals surface area contributed by atoms with Crippen LogP contribution in [0, 0.1) is 6.92 Å². The van der Waals surface area contributed by atoms with Gasteiger partial charge < -0.3 is 24.3 Å². The Morgan fingerprint density at radius 1 is 1.00 bits per heavy atom. The number of aryl methyl sites for hydroxylation is 1. The molecule has 0 aliphatic rings. The highest BCUT2D eigenvalue weighted by atomic mass is 32.1. The number of carbonyl (C=O) groups is 3. The maximum atomic E-state index is 12.2. The van der Waals surface area contributed by atoms with Crippen molar-refractivity contribution in [2.75, 3.05) is 32.2 Å². The van der Waals surface area contributed by atoms with E-state index < -0.39 is 24.5 Å². The first-order chi connectivity index (χ1) is 14.4. The molecule has 0 atom stereocenters. The Labute approximate surface area is 179 Å². The fraction of sp³-hybridized carbons (Fsp3) is 0.381. The highest BCUT2D eigenvalue weighted by molar-refractivity contribution is 7.17. The molecule has 0 fully saturated rings. The molecule has 0 saturated carbocycles. The maximum absolute atomic E-state index is 12.2. The van der Waals surface area contributed by atoms with E-state index in [1.807, 2.05) is 13.8 Å². The predicted molar refractivity (Wildman–Crippen MR) is 112 cm³/mol. The average Bonchev–Trinajstić information content (AvgIpc) is 3.06. The summed E-state index contributed by atoms with van der Waals surface area (Å²) in [5, 5.41) is 3.02. The van der Waals surface area contributed by atoms with Crippen molar-refractivity contribution < 1.29 is 33.3 Å². The third kappa shape index (κ3) is 6.21. The molecule has 2 rings (SSSR count). The number of thiophene rings is 1. The lowest BCUT2D eigenvalue weighted by Gasteiger charge is -2.09. The summed E-state index contributed by atoms with van der Waals surface area (Å²) in [6.07, 6.45) is 0.719. The van der Waals surface area contributed by atoms with Gasteiger partial charge in [0.25, 0.3) is 5.91 Å².